The molecule has 108 valence electrons. The van der Waals surface area contributed by atoms with Crippen molar-refractivity contribution in [1.82, 2.24) is 5.32 Å². The molecule has 0 amide bonds. The van der Waals surface area contributed by atoms with Crippen LogP contribution in [0.15, 0.2) is 18.2 Å². The third-order valence-corrected chi connectivity index (χ3v) is 3.95. The lowest BCUT2D eigenvalue weighted by molar-refractivity contribution is 0.571. The Labute approximate surface area is 114 Å². The maximum absolute atomic E-state index is 13.1. The van der Waals surface area contributed by atoms with E-state index in [0.717, 1.165) is 0 Å². The number of hydrogen-bond donors (Lipinski definition) is 2. The molecule has 2 N–H and O–H groups in total. The second-order valence-electron chi connectivity index (χ2n) is 4.85. The summed E-state index contributed by atoms with van der Waals surface area (Å²) in [5.41, 5.74) is 0.817. The molecule has 19 heavy (non-hydrogen) atoms. The molecule has 0 atom stereocenters. The largest absolute Gasteiger partial charge is 0.314 e. The van der Waals surface area contributed by atoms with Crippen LogP contribution in [-0.4, -0.2) is 26.8 Å². The fourth-order valence-corrected chi connectivity index (χ4v) is 2.70. The molecule has 0 heterocycles. The van der Waals surface area contributed by atoms with E-state index in [1.165, 1.54) is 18.2 Å². The SMILES string of the molecule is Cc1cc(NS(=O)(=O)CCCNC(C)C)ccc1F. The average molecular weight is 288 g/mol. The topological polar surface area (TPSA) is 58.2 Å². The third kappa shape index (κ3) is 6.02. The van der Waals surface area contributed by atoms with Gasteiger partial charge in [0.2, 0.25) is 10.0 Å². The number of sulfonamides is 1. The zero-order valence-corrected chi connectivity index (χ0v) is 12.3. The molecule has 1 aromatic rings. The van der Waals surface area contributed by atoms with Crippen molar-refractivity contribution in [2.75, 3.05) is 17.0 Å². The van der Waals surface area contributed by atoms with Crippen molar-refractivity contribution in [3.63, 3.8) is 0 Å². The molecule has 0 saturated heterocycles. The highest BCUT2D eigenvalue weighted by molar-refractivity contribution is 7.92. The molecule has 0 aliphatic carbocycles. The Kier molecular flexibility index (Phi) is 5.75. The van der Waals surface area contributed by atoms with Crippen LogP contribution < -0.4 is 10.0 Å². The minimum atomic E-state index is -3.37. The highest BCUT2D eigenvalue weighted by Gasteiger charge is 2.10. The standard InChI is InChI=1S/C13H21FN2O2S/c1-10(2)15-7-4-8-19(17,18)16-12-5-6-13(14)11(3)9-12/h5-6,9-10,15-16H,4,7-8H2,1-3H3. The number of anilines is 1. The van der Waals surface area contributed by atoms with Gasteiger partial charge >= 0.3 is 0 Å². The molecule has 0 saturated carbocycles. The van der Waals surface area contributed by atoms with Crippen molar-refractivity contribution in [2.45, 2.75) is 33.2 Å². The van der Waals surface area contributed by atoms with E-state index in [0.29, 0.717) is 30.3 Å². The van der Waals surface area contributed by atoms with Gasteiger partial charge in [0, 0.05) is 11.7 Å². The second kappa shape index (κ2) is 6.86. The van der Waals surface area contributed by atoms with Crippen LogP contribution in [0.5, 0.6) is 0 Å². The maximum atomic E-state index is 13.1. The average Bonchev–Trinajstić information content (AvgIpc) is 2.29. The van der Waals surface area contributed by atoms with E-state index in [-0.39, 0.29) is 11.6 Å². The Hall–Kier alpha value is -1.14. The van der Waals surface area contributed by atoms with E-state index in [1.807, 2.05) is 13.8 Å². The van der Waals surface area contributed by atoms with Gasteiger partial charge < -0.3 is 5.32 Å². The number of nitrogens with one attached hydrogen (secondary N) is 2. The predicted molar refractivity (Wildman–Crippen MR) is 76.3 cm³/mol. The number of benzene rings is 1. The zero-order valence-electron chi connectivity index (χ0n) is 11.5. The zero-order chi connectivity index (χ0) is 14.5. The molecule has 0 bridgehead atoms. The normalized spacial score (nSPS) is 11.8. The summed E-state index contributed by atoms with van der Waals surface area (Å²) < 4.78 is 39.1. The lowest BCUT2D eigenvalue weighted by Crippen LogP contribution is -2.26. The third-order valence-electron chi connectivity index (χ3n) is 2.57. The van der Waals surface area contributed by atoms with Crippen molar-refractivity contribution < 1.29 is 12.8 Å². The molecular weight excluding hydrogens is 267 g/mol. The lowest BCUT2D eigenvalue weighted by Gasteiger charge is -2.10. The molecule has 1 aromatic carbocycles. The number of halogens is 1. The lowest BCUT2D eigenvalue weighted by atomic mass is 10.2. The Balaban J connectivity index is 2.52. The van der Waals surface area contributed by atoms with Crippen molar-refractivity contribution >= 4 is 15.7 Å². The number of rotatable bonds is 7. The smallest absolute Gasteiger partial charge is 0.232 e. The summed E-state index contributed by atoms with van der Waals surface area (Å²) in [6.45, 7) is 6.27. The first kappa shape index (κ1) is 15.9. The highest BCUT2D eigenvalue weighted by atomic mass is 32.2. The quantitative estimate of drug-likeness (QED) is 0.757. The monoisotopic (exact) mass is 288 g/mol. The summed E-state index contributed by atoms with van der Waals surface area (Å²) in [5, 5.41) is 3.16. The molecule has 0 spiro atoms. The van der Waals surface area contributed by atoms with E-state index in [1.54, 1.807) is 6.92 Å². The van der Waals surface area contributed by atoms with Gasteiger partial charge in [-0.2, -0.15) is 0 Å². The van der Waals surface area contributed by atoms with Crippen molar-refractivity contribution in [1.29, 1.82) is 0 Å². The van der Waals surface area contributed by atoms with Crippen LogP contribution >= 0.6 is 0 Å². The molecular formula is C13H21FN2O2S. The molecule has 0 aliphatic heterocycles. The van der Waals surface area contributed by atoms with Gasteiger partial charge in [-0.25, -0.2) is 12.8 Å². The molecule has 1 rings (SSSR count). The first-order valence-corrected chi connectivity index (χ1v) is 7.95. The highest BCUT2D eigenvalue weighted by Crippen LogP contribution is 2.15. The minimum absolute atomic E-state index is 0.0448. The van der Waals surface area contributed by atoms with E-state index in [2.05, 4.69) is 10.0 Å². The Bertz CT molecular complexity index is 515. The maximum Gasteiger partial charge on any atom is 0.232 e. The minimum Gasteiger partial charge on any atom is -0.314 e. The van der Waals surface area contributed by atoms with Crippen molar-refractivity contribution in [3.05, 3.63) is 29.6 Å². The fourth-order valence-electron chi connectivity index (χ4n) is 1.59. The Morgan fingerprint density at radius 1 is 1.32 bits per heavy atom. The van der Waals surface area contributed by atoms with Gasteiger partial charge in [-0.3, -0.25) is 4.72 Å². The van der Waals surface area contributed by atoms with Crippen LogP contribution in [0.2, 0.25) is 0 Å². The van der Waals surface area contributed by atoms with E-state index in [4.69, 9.17) is 0 Å². The summed E-state index contributed by atoms with van der Waals surface area (Å²) in [7, 11) is -3.37. The van der Waals surface area contributed by atoms with Gasteiger partial charge in [0.05, 0.1) is 5.75 Å². The van der Waals surface area contributed by atoms with Gasteiger partial charge in [0.15, 0.2) is 0 Å². The Morgan fingerprint density at radius 3 is 2.58 bits per heavy atom. The van der Waals surface area contributed by atoms with Crippen LogP contribution in [0, 0.1) is 12.7 Å². The summed E-state index contributed by atoms with van der Waals surface area (Å²) in [5.74, 6) is -0.299. The summed E-state index contributed by atoms with van der Waals surface area (Å²) in [6, 6.07) is 4.51. The Morgan fingerprint density at radius 2 is 2.00 bits per heavy atom. The molecule has 0 unspecified atom stereocenters. The predicted octanol–water partition coefficient (Wildman–Crippen LogP) is 2.26. The van der Waals surface area contributed by atoms with Crippen molar-refractivity contribution in [3.8, 4) is 0 Å². The molecule has 0 aromatic heterocycles. The van der Waals surface area contributed by atoms with Gasteiger partial charge in [-0.1, -0.05) is 13.8 Å². The number of aryl methyl sites for hydroxylation is 1. The molecule has 0 radical (unpaired) electrons. The molecule has 4 nitrogen and oxygen atoms in total. The van der Waals surface area contributed by atoms with Crippen molar-refractivity contribution in [2.24, 2.45) is 0 Å². The second-order valence-corrected chi connectivity index (χ2v) is 6.69. The van der Waals surface area contributed by atoms with Crippen LogP contribution in [0.25, 0.3) is 0 Å². The van der Waals surface area contributed by atoms with Crippen LogP contribution in [0.4, 0.5) is 10.1 Å². The molecule has 6 heteroatoms. The van der Waals surface area contributed by atoms with Crippen LogP contribution in [-0.2, 0) is 10.0 Å². The van der Waals surface area contributed by atoms with Gasteiger partial charge in [-0.05, 0) is 43.7 Å². The summed E-state index contributed by atoms with van der Waals surface area (Å²) >= 11 is 0. The van der Waals surface area contributed by atoms with Crippen LogP contribution in [0.3, 0.4) is 0 Å². The number of hydrogen-bond acceptors (Lipinski definition) is 3. The first-order valence-electron chi connectivity index (χ1n) is 6.30. The van der Waals surface area contributed by atoms with E-state index in [9.17, 15) is 12.8 Å². The summed E-state index contributed by atoms with van der Waals surface area (Å²) in [4.78, 5) is 0. The van der Waals surface area contributed by atoms with Gasteiger partial charge in [-0.15, -0.1) is 0 Å². The van der Waals surface area contributed by atoms with E-state index < -0.39 is 10.0 Å². The van der Waals surface area contributed by atoms with E-state index >= 15 is 0 Å². The molecule has 0 fully saturated rings. The first-order chi connectivity index (χ1) is 8.80. The van der Waals surface area contributed by atoms with Crippen LogP contribution in [0.1, 0.15) is 25.8 Å². The fraction of sp³-hybridized carbons (Fsp3) is 0.538. The van der Waals surface area contributed by atoms with Gasteiger partial charge in [0.25, 0.3) is 0 Å². The van der Waals surface area contributed by atoms with Gasteiger partial charge in [0.1, 0.15) is 5.82 Å². The molecule has 0 aliphatic rings. The summed E-state index contributed by atoms with van der Waals surface area (Å²) in [6.07, 6.45) is 0.535.